The fourth-order valence-electron chi connectivity index (χ4n) is 5.15. The lowest BCUT2D eigenvalue weighted by Gasteiger charge is -2.24. The van der Waals surface area contributed by atoms with Crippen molar-refractivity contribution in [3.05, 3.63) is 29.3 Å². The van der Waals surface area contributed by atoms with Crippen molar-refractivity contribution < 1.29 is 36.3 Å². The number of fused-ring (bicyclic) bond motifs is 5. The lowest BCUT2D eigenvalue weighted by Crippen LogP contribution is -2.32. The van der Waals surface area contributed by atoms with Gasteiger partial charge in [0.15, 0.2) is 61.7 Å². The highest BCUT2D eigenvalue weighted by atomic mass is 32.4. The summed E-state index contributed by atoms with van der Waals surface area (Å²) >= 11 is 10.8. The molecule has 2 bridgehead atoms. The Morgan fingerprint density at radius 3 is 2.28 bits per heavy atom. The largest absolute Gasteiger partial charge is 0.382 e. The monoisotopic (exact) mass is 678 g/mol. The Balaban J connectivity index is 1.16. The number of aromatic nitrogens is 8. The average Bonchev–Trinajstić information content (AvgIpc) is 3.72. The minimum atomic E-state index is -2.62. The number of aromatic amines is 1. The van der Waals surface area contributed by atoms with E-state index in [-0.39, 0.29) is 47.3 Å². The zero-order valence-electron chi connectivity index (χ0n) is 21.5. The maximum Gasteiger partial charge on any atom is 0.280 e. The number of nitrogen functional groups attached to an aromatic ring is 2. The number of alkyl halides is 2. The van der Waals surface area contributed by atoms with Crippen LogP contribution in [0.3, 0.4) is 0 Å². The van der Waals surface area contributed by atoms with Crippen LogP contribution in [0, 0.1) is 0 Å². The molecule has 7 heterocycles. The van der Waals surface area contributed by atoms with Crippen molar-refractivity contribution in [2.75, 3.05) is 24.7 Å². The second-order valence-electron chi connectivity index (χ2n) is 9.66. The molecule has 43 heavy (non-hydrogen) atoms. The maximum absolute atomic E-state index is 15.9. The Kier molecular flexibility index (Phi) is 7.73. The van der Waals surface area contributed by atoms with Crippen LogP contribution in [-0.4, -0.2) is 89.0 Å². The second kappa shape index (κ2) is 11.4. The van der Waals surface area contributed by atoms with Crippen LogP contribution in [0.15, 0.2) is 23.8 Å². The first-order valence-corrected chi connectivity index (χ1v) is 17.5. The predicted molar refractivity (Wildman–Crippen MR) is 153 cm³/mol. The third-order valence-corrected chi connectivity index (χ3v) is 10.1. The summed E-state index contributed by atoms with van der Waals surface area (Å²) in [5.74, 6) is -0.0501. The van der Waals surface area contributed by atoms with Gasteiger partial charge in [0.25, 0.3) is 5.56 Å². The second-order valence-corrected chi connectivity index (χ2v) is 13.7. The molecule has 0 radical (unpaired) electrons. The quantitative estimate of drug-likeness (QED) is 0.245. The molecule has 0 spiro atoms. The van der Waals surface area contributed by atoms with E-state index in [1.54, 1.807) is 0 Å². The standard InChI is InChI=1S/C20H22F2N10O7P2S2/c21-8-6-1-34-40(42)38-12-7(37-18(9(12)22)31-4-27-10-14(23)25-3-26-15(10)31)2-35-41(43)39-13(8)19(36-6)32-5-28-11-16(32)29-20(24)30-17(11)33/h3-9,12-13,18-19,40-41H,1-2H2,(H2,23,25,26)(H3,24,29,30,33)/t6-,7-,8-,9?,12?,13-,18-,19-/m1/s1. The van der Waals surface area contributed by atoms with Crippen molar-refractivity contribution in [1.82, 2.24) is 39.0 Å². The van der Waals surface area contributed by atoms with Gasteiger partial charge in [-0.05, 0) is 23.6 Å². The number of anilines is 2. The molecule has 3 saturated heterocycles. The topological polar surface area (TPSA) is 215 Å². The summed E-state index contributed by atoms with van der Waals surface area (Å²) in [6.45, 7) is -0.618. The molecule has 0 saturated carbocycles. The Morgan fingerprint density at radius 2 is 1.51 bits per heavy atom. The van der Waals surface area contributed by atoms with Crippen molar-refractivity contribution in [3.63, 3.8) is 0 Å². The number of ether oxygens (including phenoxy) is 2. The van der Waals surface area contributed by atoms with Crippen LogP contribution in [0.1, 0.15) is 12.5 Å². The summed E-state index contributed by atoms with van der Waals surface area (Å²) in [5.41, 5.74) is 11.5. The van der Waals surface area contributed by atoms with E-state index in [0.29, 0.717) is 0 Å². The minimum absolute atomic E-state index is 0.0368. The van der Waals surface area contributed by atoms with E-state index in [1.165, 1.54) is 28.1 Å². The maximum atomic E-state index is 15.9. The highest BCUT2D eigenvalue weighted by molar-refractivity contribution is 8.01. The summed E-state index contributed by atoms with van der Waals surface area (Å²) in [6, 6.07) is 0. The Morgan fingerprint density at radius 1 is 0.860 bits per heavy atom. The van der Waals surface area contributed by atoms with E-state index >= 15 is 8.78 Å². The SMILES string of the molecule is Nc1nc2c(ncn2[C@@H]2O[C@@H]3CO[PH](=S)OC4C(F)[C@H](n5cnc6c(N)ncnc65)O[C@@H]4CO[PH](=S)O[C@@H]2[C@@H]3F)c(=O)[nH]1. The highest BCUT2D eigenvalue weighted by Crippen LogP contribution is 2.45. The number of nitrogens with one attached hydrogen (secondary N) is 1. The Bertz CT molecular complexity index is 1810. The number of hydrogen-bond donors (Lipinski definition) is 3. The van der Waals surface area contributed by atoms with E-state index < -0.39 is 69.1 Å². The van der Waals surface area contributed by atoms with Crippen molar-refractivity contribution in [3.8, 4) is 0 Å². The van der Waals surface area contributed by atoms with Gasteiger partial charge in [-0.2, -0.15) is 4.98 Å². The van der Waals surface area contributed by atoms with Gasteiger partial charge < -0.3 is 39.0 Å². The zero-order valence-corrected chi connectivity index (χ0v) is 25.1. The molecule has 3 aliphatic heterocycles. The van der Waals surface area contributed by atoms with Crippen molar-refractivity contribution in [1.29, 1.82) is 0 Å². The molecule has 3 fully saturated rings. The Labute approximate surface area is 250 Å². The first kappa shape index (κ1) is 29.1. The van der Waals surface area contributed by atoms with E-state index in [1.807, 2.05) is 0 Å². The molecule has 10 atom stereocenters. The van der Waals surface area contributed by atoms with E-state index in [2.05, 4.69) is 29.9 Å². The number of nitrogens with two attached hydrogens (primary N) is 2. The van der Waals surface area contributed by atoms with E-state index in [9.17, 15) is 4.79 Å². The van der Waals surface area contributed by atoms with Gasteiger partial charge in [-0.25, -0.2) is 28.7 Å². The van der Waals surface area contributed by atoms with Gasteiger partial charge in [0.1, 0.15) is 36.3 Å². The molecular formula is C20H22F2N10O7P2S2. The van der Waals surface area contributed by atoms with Gasteiger partial charge in [0, 0.05) is 0 Å². The highest BCUT2D eigenvalue weighted by Gasteiger charge is 2.51. The number of rotatable bonds is 2. The van der Waals surface area contributed by atoms with Crippen LogP contribution >= 0.6 is 14.3 Å². The summed E-state index contributed by atoms with van der Waals surface area (Å²) in [5, 5.41) is 0. The van der Waals surface area contributed by atoms with Gasteiger partial charge in [-0.3, -0.25) is 18.9 Å². The molecule has 7 rings (SSSR count). The molecule has 4 aromatic heterocycles. The first-order valence-electron chi connectivity index (χ1n) is 12.6. The molecule has 0 aliphatic carbocycles. The summed E-state index contributed by atoms with van der Waals surface area (Å²) in [4.78, 5) is 35.0. The van der Waals surface area contributed by atoms with Crippen LogP contribution in [0.2, 0.25) is 0 Å². The molecule has 23 heteroatoms. The molecule has 5 N–H and O–H groups in total. The van der Waals surface area contributed by atoms with Crippen molar-refractivity contribution >= 4 is 72.0 Å². The molecule has 0 aromatic carbocycles. The molecule has 17 nitrogen and oxygen atoms in total. The van der Waals surface area contributed by atoms with Gasteiger partial charge in [0.05, 0.1) is 25.9 Å². The van der Waals surface area contributed by atoms with Crippen LogP contribution in [-0.2, 0) is 51.2 Å². The molecule has 3 aliphatic rings. The minimum Gasteiger partial charge on any atom is -0.382 e. The van der Waals surface area contributed by atoms with Gasteiger partial charge in [-0.1, -0.05) is 0 Å². The third-order valence-electron chi connectivity index (χ3n) is 7.11. The third kappa shape index (κ3) is 5.16. The fraction of sp³-hybridized carbons (Fsp3) is 0.500. The summed E-state index contributed by atoms with van der Waals surface area (Å²) < 4.78 is 69.4. The molecule has 4 unspecified atom stereocenters. The number of hydrogen-bond acceptors (Lipinski definition) is 16. The van der Waals surface area contributed by atoms with Gasteiger partial charge in [-0.15, -0.1) is 0 Å². The lowest BCUT2D eigenvalue weighted by atomic mass is 10.1. The number of imidazole rings is 2. The predicted octanol–water partition coefficient (Wildman–Crippen LogP) is 0.424. The van der Waals surface area contributed by atoms with Crippen LogP contribution in [0.4, 0.5) is 20.5 Å². The summed E-state index contributed by atoms with van der Waals surface area (Å²) in [7, 11) is -5.22. The van der Waals surface area contributed by atoms with Crippen molar-refractivity contribution in [2.24, 2.45) is 0 Å². The number of H-pyrrole nitrogens is 1. The average molecular weight is 679 g/mol. The smallest absolute Gasteiger partial charge is 0.280 e. The molecule has 4 aromatic rings. The van der Waals surface area contributed by atoms with Gasteiger partial charge >= 0.3 is 0 Å². The van der Waals surface area contributed by atoms with Crippen LogP contribution < -0.4 is 17.0 Å². The molecule has 230 valence electrons. The number of nitrogens with zero attached hydrogens (tertiary/aromatic N) is 7. The molecule has 0 amide bonds. The molecular weight excluding hydrogens is 656 g/mol. The Hall–Kier alpha value is -2.58. The van der Waals surface area contributed by atoms with Gasteiger partial charge in [0.2, 0.25) is 5.95 Å². The van der Waals surface area contributed by atoms with Crippen LogP contribution in [0.25, 0.3) is 22.3 Å². The normalized spacial score (nSPS) is 35.4. The first-order chi connectivity index (χ1) is 20.7. The fourth-order valence-corrected chi connectivity index (χ4v) is 7.93. The van der Waals surface area contributed by atoms with Crippen LogP contribution in [0.5, 0.6) is 0 Å². The van der Waals surface area contributed by atoms with E-state index in [4.69, 9.17) is 62.6 Å². The summed E-state index contributed by atoms with van der Waals surface area (Å²) in [6.07, 6.45) is -6.85. The lowest BCUT2D eigenvalue weighted by molar-refractivity contribution is -0.0514. The van der Waals surface area contributed by atoms with E-state index in [0.717, 1.165) is 0 Å². The zero-order chi connectivity index (χ0) is 30.0. The van der Waals surface area contributed by atoms with Crippen molar-refractivity contribution in [2.45, 2.75) is 49.2 Å². The number of halogens is 2.